The van der Waals surface area contributed by atoms with Crippen molar-refractivity contribution < 1.29 is 28.6 Å². The van der Waals surface area contributed by atoms with Crippen LogP contribution < -0.4 is 19.2 Å². The van der Waals surface area contributed by atoms with Crippen molar-refractivity contribution in [1.29, 1.82) is 0 Å². The first kappa shape index (κ1) is 27.6. The van der Waals surface area contributed by atoms with Crippen molar-refractivity contribution in [2.45, 2.75) is 30.0 Å². The maximum Gasteiger partial charge on any atom is 0.305 e. The van der Waals surface area contributed by atoms with Crippen molar-refractivity contribution >= 4 is 46.5 Å². The van der Waals surface area contributed by atoms with Crippen molar-refractivity contribution in [2.24, 2.45) is 5.92 Å². The first-order chi connectivity index (χ1) is 19.9. The number of morpholine rings is 1. The highest BCUT2D eigenvalue weighted by Crippen LogP contribution is 2.53. The summed E-state index contributed by atoms with van der Waals surface area (Å²) in [4.78, 5) is 58.9. The van der Waals surface area contributed by atoms with E-state index >= 15 is 0 Å². The second-order valence-electron chi connectivity index (χ2n) is 10.0. The standard InChI is InChI=1S/C29H29N3O7S2/c1-3-38-20-14-17(6-9-19(20)39-15-21(33)31-10-12-37-13-11-31)22-23-25(40-26-24(22)41-29(36)30-26)28(35)32(27(23)34)18-7-4-16(2)5-8-18/h4-9,14,22-23,25H,3,10-13,15H2,1-2H3,(H,30,36)/t22-,23?,25?/m1/s1. The molecule has 0 bridgehead atoms. The number of ether oxygens (including phenoxy) is 3. The summed E-state index contributed by atoms with van der Waals surface area (Å²) >= 11 is 2.29. The first-order valence-electron chi connectivity index (χ1n) is 13.4. The van der Waals surface area contributed by atoms with Crippen molar-refractivity contribution in [2.75, 3.05) is 44.4 Å². The van der Waals surface area contributed by atoms with Crippen LogP contribution in [0.1, 0.15) is 28.8 Å². The predicted molar refractivity (Wildman–Crippen MR) is 154 cm³/mol. The molecular weight excluding hydrogens is 566 g/mol. The maximum atomic E-state index is 13.9. The summed E-state index contributed by atoms with van der Waals surface area (Å²) in [5, 5.41) is -0.0864. The average molecular weight is 596 g/mol. The number of carbonyl (C=O) groups is 3. The molecular formula is C29H29N3O7S2. The number of thioether (sulfide) groups is 1. The number of benzene rings is 2. The number of thiazole rings is 1. The summed E-state index contributed by atoms with van der Waals surface area (Å²) in [6.45, 7) is 6.05. The zero-order valence-electron chi connectivity index (χ0n) is 22.6. The molecule has 10 nitrogen and oxygen atoms in total. The molecule has 12 heteroatoms. The highest BCUT2D eigenvalue weighted by atomic mass is 32.2. The van der Waals surface area contributed by atoms with E-state index in [1.807, 2.05) is 32.0 Å². The molecule has 2 aromatic carbocycles. The number of hydrogen-bond acceptors (Lipinski definition) is 9. The first-order valence-corrected chi connectivity index (χ1v) is 15.1. The van der Waals surface area contributed by atoms with E-state index in [9.17, 15) is 19.2 Å². The van der Waals surface area contributed by atoms with Crippen LogP contribution in [-0.4, -0.2) is 72.4 Å². The van der Waals surface area contributed by atoms with Crippen molar-refractivity contribution in [3.63, 3.8) is 0 Å². The summed E-state index contributed by atoms with van der Waals surface area (Å²) in [6.07, 6.45) is 0. The number of rotatable bonds is 7. The molecule has 41 heavy (non-hydrogen) atoms. The molecule has 214 valence electrons. The minimum atomic E-state index is -0.711. The number of anilines is 1. The molecule has 3 amide bonds. The molecule has 3 aromatic rings. The number of fused-ring (bicyclic) bond motifs is 2. The van der Waals surface area contributed by atoms with Gasteiger partial charge in [-0.1, -0.05) is 46.9 Å². The van der Waals surface area contributed by atoms with Gasteiger partial charge < -0.3 is 24.1 Å². The quantitative estimate of drug-likeness (QED) is 0.414. The molecule has 3 aliphatic heterocycles. The third-order valence-electron chi connectivity index (χ3n) is 7.46. The Bertz CT molecular complexity index is 1540. The fourth-order valence-corrected chi connectivity index (χ4v) is 7.99. The summed E-state index contributed by atoms with van der Waals surface area (Å²) < 4.78 is 17.1. The molecule has 2 saturated heterocycles. The molecule has 6 rings (SSSR count). The van der Waals surface area contributed by atoms with Crippen LogP contribution in [0.4, 0.5) is 5.69 Å². The van der Waals surface area contributed by atoms with Gasteiger partial charge in [0, 0.05) is 23.9 Å². The van der Waals surface area contributed by atoms with Crippen molar-refractivity contribution in [3.8, 4) is 11.5 Å². The number of carbonyl (C=O) groups excluding carboxylic acids is 3. The molecule has 0 aliphatic carbocycles. The molecule has 3 atom stereocenters. The molecule has 0 saturated carbocycles. The largest absolute Gasteiger partial charge is 0.490 e. The number of hydrogen-bond donors (Lipinski definition) is 1. The number of aryl methyl sites for hydroxylation is 1. The van der Waals surface area contributed by atoms with Crippen LogP contribution in [0.5, 0.6) is 11.5 Å². The molecule has 1 aromatic heterocycles. The topological polar surface area (TPSA) is 118 Å². The van der Waals surface area contributed by atoms with Crippen LogP contribution in [0.15, 0.2) is 52.3 Å². The van der Waals surface area contributed by atoms with Gasteiger partial charge in [-0.25, -0.2) is 4.90 Å². The van der Waals surface area contributed by atoms with Gasteiger partial charge in [-0.2, -0.15) is 0 Å². The van der Waals surface area contributed by atoms with Gasteiger partial charge in [0.15, 0.2) is 18.1 Å². The Balaban J connectivity index is 1.34. The molecule has 4 heterocycles. The lowest BCUT2D eigenvalue weighted by molar-refractivity contribution is -0.137. The zero-order valence-corrected chi connectivity index (χ0v) is 24.2. The summed E-state index contributed by atoms with van der Waals surface area (Å²) in [5.41, 5.74) is 2.27. The number of imide groups is 1. The van der Waals surface area contributed by atoms with Crippen LogP contribution in [0.3, 0.4) is 0 Å². The third kappa shape index (κ3) is 5.15. The van der Waals surface area contributed by atoms with Crippen LogP contribution in [-0.2, 0) is 19.1 Å². The lowest BCUT2D eigenvalue weighted by atomic mass is 9.83. The van der Waals surface area contributed by atoms with E-state index in [1.165, 1.54) is 16.7 Å². The highest BCUT2D eigenvalue weighted by molar-refractivity contribution is 8.00. The molecule has 2 unspecified atom stereocenters. The lowest BCUT2D eigenvalue weighted by Gasteiger charge is -2.30. The van der Waals surface area contributed by atoms with Crippen LogP contribution in [0, 0.1) is 12.8 Å². The smallest absolute Gasteiger partial charge is 0.305 e. The van der Waals surface area contributed by atoms with E-state index in [0.717, 1.165) is 22.5 Å². The van der Waals surface area contributed by atoms with E-state index in [-0.39, 0.29) is 29.2 Å². The molecule has 3 aliphatic rings. The van der Waals surface area contributed by atoms with Crippen molar-refractivity contribution in [3.05, 3.63) is 68.1 Å². The minimum absolute atomic E-state index is 0.139. The Morgan fingerprint density at radius 3 is 2.51 bits per heavy atom. The fraction of sp³-hybridized carbons (Fsp3) is 0.379. The SMILES string of the molecule is CCOc1cc([C@H]2c3sc(=O)[nH]c3SC3C(=O)N(c4ccc(C)cc4)C(=O)C32)ccc1OCC(=O)N1CCOCC1. The normalized spacial score (nSPS) is 22.0. The second-order valence-corrected chi connectivity index (χ2v) is 12.2. The van der Waals surface area contributed by atoms with E-state index in [1.54, 1.807) is 29.2 Å². The number of nitrogens with one attached hydrogen (secondary N) is 1. The third-order valence-corrected chi connectivity index (χ3v) is 9.86. The summed E-state index contributed by atoms with van der Waals surface area (Å²) in [7, 11) is 0. The van der Waals surface area contributed by atoms with E-state index < -0.39 is 17.1 Å². The van der Waals surface area contributed by atoms with E-state index in [2.05, 4.69) is 4.98 Å². The van der Waals surface area contributed by atoms with Gasteiger partial charge >= 0.3 is 4.87 Å². The second kappa shape index (κ2) is 11.3. The number of amides is 3. The van der Waals surface area contributed by atoms with Gasteiger partial charge in [0.25, 0.3) is 5.91 Å². The van der Waals surface area contributed by atoms with Gasteiger partial charge in [-0.05, 0) is 43.7 Å². The van der Waals surface area contributed by atoms with Gasteiger partial charge in [0.2, 0.25) is 11.8 Å². The van der Waals surface area contributed by atoms with Gasteiger partial charge in [0.1, 0.15) is 5.25 Å². The average Bonchev–Trinajstić information content (AvgIpc) is 3.47. The van der Waals surface area contributed by atoms with Crippen LogP contribution in [0.2, 0.25) is 0 Å². The Hall–Kier alpha value is -3.61. The predicted octanol–water partition coefficient (Wildman–Crippen LogP) is 3.18. The van der Waals surface area contributed by atoms with E-state index in [0.29, 0.717) is 60.0 Å². The number of nitrogens with zero attached hydrogens (tertiary/aromatic N) is 2. The Morgan fingerprint density at radius 1 is 1.02 bits per heavy atom. The number of aromatic amines is 1. The van der Waals surface area contributed by atoms with Gasteiger partial charge in [0.05, 0.1) is 36.5 Å². The maximum absolute atomic E-state index is 13.9. The molecule has 1 N–H and O–H groups in total. The molecule has 0 spiro atoms. The van der Waals surface area contributed by atoms with Crippen LogP contribution in [0.25, 0.3) is 0 Å². The minimum Gasteiger partial charge on any atom is -0.490 e. The summed E-state index contributed by atoms with van der Waals surface area (Å²) in [5.74, 6) is -1.18. The monoisotopic (exact) mass is 595 g/mol. The highest BCUT2D eigenvalue weighted by Gasteiger charge is 2.56. The number of aromatic nitrogens is 1. The Kier molecular flexibility index (Phi) is 7.62. The zero-order chi connectivity index (χ0) is 28.7. The Labute approximate surface area is 244 Å². The Morgan fingerprint density at radius 2 is 1.78 bits per heavy atom. The molecule has 2 fully saturated rings. The van der Waals surface area contributed by atoms with Crippen LogP contribution >= 0.6 is 23.1 Å². The fourth-order valence-electron chi connectivity index (χ4n) is 5.47. The van der Waals surface area contributed by atoms with E-state index in [4.69, 9.17) is 14.2 Å². The summed E-state index contributed by atoms with van der Waals surface area (Å²) in [6, 6.07) is 12.6. The van der Waals surface area contributed by atoms with Gasteiger partial charge in [-0.3, -0.25) is 19.2 Å². The number of H-pyrrole nitrogens is 1. The lowest BCUT2D eigenvalue weighted by Crippen LogP contribution is -2.43. The molecule has 0 radical (unpaired) electrons. The van der Waals surface area contributed by atoms with Crippen molar-refractivity contribution in [1.82, 2.24) is 9.88 Å². The van der Waals surface area contributed by atoms with Gasteiger partial charge in [-0.15, -0.1) is 0 Å².